The molecule has 1 N–H and O–H groups in total. The summed E-state index contributed by atoms with van der Waals surface area (Å²) in [4.78, 5) is 20.4. The summed E-state index contributed by atoms with van der Waals surface area (Å²) in [5.74, 6) is 0.0505. The summed E-state index contributed by atoms with van der Waals surface area (Å²) in [6, 6.07) is 7.83. The number of nitrogens with zero attached hydrogens (tertiary/aromatic N) is 2. The summed E-state index contributed by atoms with van der Waals surface area (Å²) in [5, 5.41) is 4.58. The van der Waals surface area contributed by atoms with Crippen LogP contribution < -0.4 is 5.32 Å². The average molecular weight is 275 g/mol. The highest BCUT2D eigenvalue weighted by Gasteiger charge is 2.15. The summed E-state index contributed by atoms with van der Waals surface area (Å²) < 4.78 is 0. The Hall–Kier alpha value is -1.62. The van der Waals surface area contributed by atoms with Crippen molar-refractivity contribution in [3.8, 4) is 0 Å². The smallest absolute Gasteiger partial charge is 0.233 e. The summed E-state index contributed by atoms with van der Waals surface area (Å²) in [6.45, 7) is 4.65. The van der Waals surface area contributed by atoms with E-state index >= 15 is 0 Å². The first kappa shape index (κ1) is 13.8. The lowest BCUT2D eigenvalue weighted by Gasteiger charge is -2.11. The molecular formula is C14H17N3OS. The number of amides is 1. The van der Waals surface area contributed by atoms with E-state index in [4.69, 9.17) is 0 Å². The lowest BCUT2D eigenvalue weighted by molar-refractivity contribution is -0.120. The molecule has 2 aromatic rings. The van der Waals surface area contributed by atoms with Gasteiger partial charge in [0.1, 0.15) is 11.4 Å². The van der Waals surface area contributed by atoms with Gasteiger partial charge >= 0.3 is 0 Å². The maximum atomic E-state index is 11.9. The van der Waals surface area contributed by atoms with E-state index in [2.05, 4.69) is 15.3 Å². The van der Waals surface area contributed by atoms with Crippen molar-refractivity contribution in [1.82, 2.24) is 15.3 Å². The SMILES string of the molecule is CCCNC(=O)C(C)Sc1ncnc2ccccc12. The van der Waals surface area contributed by atoms with Gasteiger partial charge in [-0.3, -0.25) is 4.79 Å². The normalized spacial score (nSPS) is 12.3. The molecule has 0 aliphatic rings. The van der Waals surface area contributed by atoms with Gasteiger partial charge in [-0.2, -0.15) is 0 Å². The summed E-state index contributed by atoms with van der Waals surface area (Å²) in [5.41, 5.74) is 0.904. The minimum Gasteiger partial charge on any atom is -0.355 e. The fraction of sp³-hybridized carbons (Fsp3) is 0.357. The molecule has 1 aromatic carbocycles. The van der Waals surface area contributed by atoms with Crippen LogP contribution in [0.1, 0.15) is 20.3 Å². The highest BCUT2D eigenvalue weighted by atomic mass is 32.2. The number of fused-ring (bicyclic) bond motifs is 1. The van der Waals surface area contributed by atoms with Gasteiger partial charge in [-0.25, -0.2) is 9.97 Å². The van der Waals surface area contributed by atoms with Crippen molar-refractivity contribution in [1.29, 1.82) is 0 Å². The van der Waals surface area contributed by atoms with Crippen molar-refractivity contribution in [2.75, 3.05) is 6.54 Å². The van der Waals surface area contributed by atoms with Crippen molar-refractivity contribution in [2.45, 2.75) is 30.5 Å². The number of hydrogen-bond acceptors (Lipinski definition) is 4. The van der Waals surface area contributed by atoms with Gasteiger partial charge in [0, 0.05) is 11.9 Å². The fourth-order valence-corrected chi connectivity index (χ4v) is 2.62. The zero-order chi connectivity index (χ0) is 13.7. The first-order chi connectivity index (χ1) is 9.22. The van der Waals surface area contributed by atoms with Crippen LogP contribution in [0.3, 0.4) is 0 Å². The van der Waals surface area contributed by atoms with Crippen LogP contribution in [0.4, 0.5) is 0 Å². The van der Waals surface area contributed by atoms with Crippen LogP contribution in [0.25, 0.3) is 10.9 Å². The van der Waals surface area contributed by atoms with Crippen LogP contribution >= 0.6 is 11.8 Å². The molecule has 0 aliphatic carbocycles. The molecule has 0 aliphatic heterocycles. The van der Waals surface area contributed by atoms with Crippen LogP contribution in [-0.2, 0) is 4.79 Å². The Balaban J connectivity index is 2.15. The maximum Gasteiger partial charge on any atom is 0.233 e. The van der Waals surface area contributed by atoms with Crippen molar-refractivity contribution >= 4 is 28.6 Å². The van der Waals surface area contributed by atoms with Gasteiger partial charge in [0.15, 0.2) is 0 Å². The van der Waals surface area contributed by atoms with Gasteiger partial charge in [0.25, 0.3) is 0 Å². The number of carbonyl (C=O) groups excluding carboxylic acids is 1. The van der Waals surface area contributed by atoms with Crippen molar-refractivity contribution in [3.63, 3.8) is 0 Å². The quantitative estimate of drug-likeness (QED) is 0.673. The van der Waals surface area contributed by atoms with E-state index < -0.39 is 0 Å². The highest BCUT2D eigenvalue weighted by molar-refractivity contribution is 8.00. The third kappa shape index (κ3) is 3.44. The summed E-state index contributed by atoms with van der Waals surface area (Å²) in [6.07, 6.45) is 2.49. The molecular weight excluding hydrogens is 258 g/mol. The van der Waals surface area contributed by atoms with Crippen molar-refractivity contribution in [3.05, 3.63) is 30.6 Å². The second kappa shape index (κ2) is 6.52. The number of rotatable bonds is 5. The van der Waals surface area contributed by atoms with E-state index in [0.29, 0.717) is 6.54 Å². The molecule has 4 nitrogen and oxygen atoms in total. The highest BCUT2D eigenvalue weighted by Crippen LogP contribution is 2.27. The number of para-hydroxylation sites is 1. The van der Waals surface area contributed by atoms with Crippen LogP contribution in [0.15, 0.2) is 35.6 Å². The van der Waals surface area contributed by atoms with Gasteiger partial charge < -0.3 is 5.32 Å². The zero-order valence-electron chi connectivity index (χ0n) is 11.1. The fourth-order valence-electron chi connectivity index (χ4n) is 1.69. The largest absolute Gasteiger partial charge is 0.355 e. The second-order valence-corrected chi connectivity index (χ2v) is 5.58. The number of aromatic nitrogens is 2. The van der Waals surface area contributed by atoms with E-state index in [0.717, 1.165) is 22.3 Å². The molecule has 0 radical (unpaired) electrons. The number of benzene rings is 1. The second-order valence-electron chi connectivity index (χ2n) is 4.25. The molecule has 5 heteroatoms. The van der Waals surface area contributed by atoms with Crippen molar-refractivity contribution in [2.24, 2.45) is 0 Å². The molecule has 19 heavy (non-hydrogen) atoms. The monoisotopic (exact) mass is 275 g/mol. The average Bonchev–Trinajstić information content (AvgIpc) is 2.45. The molecule has 1 unspecified atom stereocenters. The number of nitrogens with one attached hydrogen (secondary N) is 1. The third-order valence-electron chi connectivity index (χ3n) is 2.71. The molecule has 1 aromatic heterocycles. The molecule has 0 saturated heterocycles. The molecule has 100 valence electrons. The maximum absolute atomic E-state index is 11.9. The number of thioether (sulfide) groups is 1. The predicted octanol–water partition coefficient (Wildman–Crippen LogP) is 2.64. The zero-order valence-corrected chi connectivity index (χ0v) is 11.9. The molecule has 2 rings (SSSR count). The van der Waals surface area contributed by atoms with Crippen LogP contribution in [0.2, 0.25) is 0 Å². The first-order valence-corrected chi connectivity index (χ1v) is 7.24. The van der Waals surface area contributed by atoms with E-state index in [1.165, 1.54) is 11.8 Å². The summed E-state index contributed by atoms with van der Waals surface area (Å²) >= 11 is 1.47. The van der Waals surface area contributed by atoms with Crippen LogP contribution in [0.5, 0.6) is 0 Å². The van der Waals surface area contributed by atoms with Crippen molar-refractivity contribution < 1.29 is 4.79 Å². The third-order valence-corrected chi connectivity index (χ3v) is 3.83. The van der Waals surface area contributed by atoms with E-state index in [1.807, 2.05) is 38.1 Å². The molecule has 1 atom stereocenters. The predicted molar refractivity (Wildman–Crippen MR) is 78.2 cm³/mol. The van der Waals surface area contributed by atoms with Gasteiger partial charge in [0.05, 0.1) is 10.8 Å². The Bertz CT molecular complexity index is 568. The summed E-state index contributed by atoms with van der Waals surface area (Å²) in [7, 11) is 0. The Morgan fingerprint density at radius 3 is 2.95 bits per heavy atom. The molecule has 1 heterocycles. The minimum absolute atomic E-state index is 0.0505. The van der Waals surface area contributed by atoms with Gasteiger partial charge in [-0.05, 0) is 19.4 Å². The van der Waals surface area contributed by atoms with Crippen LogP contribution in [0, 0.1) is 0 Å². The van der Waals surface area contributed by atoms with Crippen LogP contribution in [-0.4, -0.2) is 27.7 Å². The van der Waals surface area contributed by atoms with E-state index in [-0.39, 0.29) is 11.2 Å². The Kier molecular flexibility index (Phi) is 4.74. The lowest BCUT2D eigenvalue weighted by Crippen LogP contribution is -2.31. The Labute approximate surface area is 117 Å². The van der Waals surface area contributed by atoms with Gasteiger partial charge in [-0.1, -0.05) is 36.9 Å². The number of hydrogen-bond donors (Lipinski definition) is 1. The Morgan fingerprint density at radius 2 is 2.16 bits per heavy atom. The molecule has 0 saturated carbocycles. The van der Waals surface area contributed by atoms with Gasteiger partial charge in [0.2, 0.25) is 5.91 Å². The molecule has 0 bridgehead atoms. The van der Waals surface area contributed by atoms with Gasteiger partial charge in [-0.15, -0.1) is 0 Å². The Morgan fingerprint density at radius 1 is 1.37 bits per heavy atom. The molecule has 0 fully saturated rings. The minimum atomic E-state index is -0.162. The lowest BCUT2D eigenvalue weighted by atomic mass is 10.2. The topological polar surface area (TPSA) is 54.9 Å². The number of carbonyl (C=O) groups is 1. The first-order valence-electron chi connectivity index (χ1n) is 6.36. The molecule has 0 spiro atoms. The molecule has 1 amide bonds. The van der Waals surface area contributed by atoms with E-state index in [1.54, 1.807) is 6.33 Å². The standard InChI is InChI=1S/C14H17N3OS/c1-3-8-15-13(18)10(2)19-14-11-6-4-5-7-12(11)16-9-17-14/h4-7,9-10H,3,8H2,1-2H3,(H,15,18). The van der Waals surface area contributed by atoms with E-state index in [9.17, 15) is 4.79 Å².